The summed E-state index contributed by atoms with van der Waals surface area (Å²) in [4.78, 5) is 4.39. The molecule has 0 unspecified atom stereocenters. The van der Waals surface area contributed by atoms with Crippen molar-refractivity contribution in [2.75, 3.05) is 6.61 Å². The molecule has 95 valence electrons. The van der Waals surface area contributed by atoms with E-state index in [2.05, 4.69) is 17.3 Å². The number of aryl methyl sites for hydroxylation is 1. The molecule has 0 saturated carbocycles. The number of thiazole rings is 1. The Hall–Kier alpha value is -1.06. The molecule has 2 rings (SSSR count). The maximum absolute atomic E-state index is 6.21. The molecule has 1 aromatic heterocycles. The molecular weight excluding hydrogens is 266 g/mol. The van der Waals surface area contributed by atoms with Crippen molar-refractivity contribution in [3.05, 3.63) is 34.3 Å². The van der Waals surface area contributed by atoms with Gasteiger partial charge in [-0.1, -0.05) is 24.9 Å². The SMILES string of the molecule is CCCCOc1ccc(-c2nc(C)[c]s2)cc1Cl. The van der Waals surface area contributed by atoms with Crippen LogP contribution in [0.1, 0.15) is 25.5 Å². The number of nitrogens with zero attached hydrogens (tertiary/aromatic N) is 1. The summed E-state index contributed by atoms with van der Waals surface area (Å²) in [6.45, 7) is 4.78. The first-order valence-electron chi connectivity index (χ1n) is 5.98. The first-order valence-corrected chi connectivity index (χ1v) is 7.18. The molecule has 2 nitrogen and oxygen atoms in total. The van der Waals surface area contributed by atoms with E-state index in [0.29, 0.717) is 11.6 Å². The van der Waals surface area contributed by atoms with Gasteiger partial charge in [0.05, 0.1) is 22.7 Å². The molecule has 0 aliphatic carbocycles. The fraction of sp³-hybridized carbons (Fsp3) is 0.357. The van der Waals surface area contributed by atoms with Crippen molar-refractivity contribution >= 4 is 22.9 Å². The molecule has 0 aliphatic rings. The van der Waals surface area contributed by atoms with Crippen LogP contribution in [0.5, 0.6) is 5.75 Å². The summed E-state index contributed by atoms with van der Waals surface area (Å²) in [5, 5.41) is 4.67. The lowest BCUT2D eigenvalue weighted by Crippen LogP contribution is -1.96. The van der Waals surface area contributed by atoms with E-state index in [9.17, 15) is 0 Å². The van der Waals surface area contributed by atoms with Crippen molar-refractivity contribution < 1.29 is 4.74 Å². The lowest BCUT2D eigenvalue weighted by molar-refractivity contribution is 0.309. The second-order valence-electron chi connectivity index (χ2n) is 4.05. The van der Waals surface area contributed by atoms with Crippen LogP contribution in [-0.2, 0) is 0 Å². The fourth-order valence-electron chi connectivity index (χ4n) is 1.52. The van der Waals surface area contributed by atoms with Crippen LogP contribution in [0.4, 0.5) is 0 Å². The van der Waals surface area contributed by atoms with E-state index in [1.807, 2.05) is 25.1 Å². The molecule has 0 bridgehead atoms. The predicted molar refractivity (Wildman–Crippen MR) is 76.5 cm³/mol. The second kappa shape index (κ2) is 6.21. The highest BCUT2D eigenvalue weighted by atomic mass is 35.5. The number of hydrogen-bond acceptors (Lipinski definition) is 3. The maximum Gasteiger partial charge on any atom is 0.137 e. The van der Waals surface area contributed by atoms with Crippen LogP contribution in [0.25, 0.3) is 10.6 Å². The first-order chi connectivity index (χ1) is 8.70. The van der Waals surface area contributed by atoms with Crippen LogP contribution in [0, 0.1) is 12.3 Å². The highest BCUT2D eigenvalue weighted by Crippen LogP contribution is 2.31. The number of benzene rings is 1. The third-order valence-electron chi connectivity index (χ3n) is 2.50. The van der Waals surface area contributed by atoms with Crippen LogP contribution < -0.4 is 4.74 Å². The van der Waals surface area contributed by atoms with Crippen LogP contribution in [-0.4, -0.2) is 11.6 Å². The van der Waals surface area contributed by atoms with Crippen LogP contribution >= 0.6 is 22.9 Å². The number of unbranched alkanes of at least 4 members (excludes halogenated alkanes) is 1. The average molecular weight is 281 g/mol. The molecule has 0 N–H and O–H groups in total. The highest BCUT2D eigenvalue weighted by molar-refractivity contribution is 7.12. The van der Waals surface area contributed by atoms with Crippen molar-refractivity contribution in [2.45, 2.75) is 26.7 Å². The van der Waals surface area contributed by atoms with Crippen molar-refractivity contribution in [3.8, 4) is 16.3 Å². The van der Waals surface area contributed by atoms with E-state index in [1.54, 1.807) is 0 Å². The minimum Gasteiger partial charge on any atom is -0.492 e. The van der Waals surface area contributed by atoms with Gasteiger partial charge in [-0.2, -0.15) is 0 Å². The van der Waals surface area contributed by atoms with E-state index in [4.69, 9.17) is 16.3 Å². The van der Waals surface area contributed by atoms with E-state index >= 15 is 0 Å². The van der Waals surface area contributed by atoms with Gasteiger partial charge in [0, 0.05) is 5.56 Å². The molecule has 0 saturated heterocycles. The Morgan fingerprint density at radius 3 is 2.89 bits per heavy atom. The summed E-state index contributed by atoms with van der Waals surface area (Å²) in [5.74, 6) is 0.742. The van der Waals surface area contributed by atoms with Crippen molar-refractivity contribution in [1.29, 1.82) is 0 Å². The Labute approximate surface area is 117 Å². The zero-order valence-corrected chi connectivity index (χ0v) is 12.1. The molecule has 0 spiro atoms. The first kappa shape index (κ1) is 13.4. The summed E-state index contributed by atoms with van der Waals surface area (Å²) in [6, 6.07) is 5.79. The maximum atomic E-state index is 6.21. The van der Waals surface area contributed by atoms with Crippen molar-refractivity contribution in [3.63, 3.8) is 0 Å². The molecular formula is C14H15ClNOS. The second-order valence-corrected chi connectivity index (χ2v) is 5.26. The number of hydrogen-bond donors (Lipinski definition) is 0. The molecule has 2 aromatic rings. The lowest BCUT2D eigenvalue weighted by atomic mass is 10.2. The third kappa shape index (κ3) is 3.24. The zero-order chi connectivity index (χ0) is 13.0. The minimum absolute atomic E-state index is 0.636. The van der Waals surface area contributed by atoms with Gasteiger partial charge in [0.15, 0.2) is 0 Å². The summed E-state index contributed by atoms with van der Waals surface area (Å²) < 4.78 is 5.62. The fourth-order valence-corrected chi connectivity index (χ4v) is 2.47. The van der Waals surface area contributed by atoms with E-state index in [1.165, 1.54) is 11.3 Å². The molecule has 0 amide bonds. The molecule has 0 atom stereocenters. The molecule has 18 heavy (non-hydrogen) atoms. The van der Waals surface area contributed by atoms with E-state index in [-0.39, 0.29) is 0 Å². The summed E-state index contributed by atoms with van der Waals surface area (Å²) >= 11 is 7.71. The minimum atomic E-state index is 0.636. The molecule has 0 aliphatic heterocycles. The molecule has 1 heterocycles. The third-order valence-corrected chi connectivity index (χ3v) is 3.71. The van der Waals surface area contributed by atoms with Gasteiger partial charge >= 0.3 is 0 Å². The van der Waals surface area contributed by atoms with Crippen molar-refractivity contribution in [1.82, 2.24) is 4.98 Å². The average Bonchev–Trinajstić information content (AvgIpc) is 2.78. The standard InChI is InChI=1S/C14H15ClNOS/c1-3-4-7-17-13-6-5-11(8-12(13)15)14-16-10(2)9-18-14/h5-6,8H,3-4,7H2,1-2H3. The van der Waals surface area contributed by atoms with Gasteiger partial charge in [-0.25, -0.2) is 4.98 Å². The van der Waals surface area contributed by atoms with Gasteiger partial charge in [-0.05, 0) is 31.5 Å². The van der Waals surface area contributed by atoms with Crippen LogP contribution in [0.2, 0.25) is 5.02 Å². The number of ether oxygens (including phenoxy) is 1. The zero-order valence-electron chi connectivity index (χ0n) is 10.5. The molecule has 0 fully saturated rings. The summed E-state index contributed by atoms with van der Waals surface area (Å²) in [6.07, 6.45) is 2.16. The van der Waals surface area contributed by atoms with Crippen LogP contribution in [0.3, 0.4) is 0 Å². The summed E-state index contributed by atoms with van der Waals surface area (Å²) in [7, 11) is 0. The smallest absolute Gasteiger partial charge is 0.137 e. The molecule has 4 heteroatoms. The van der Waals surface area contributed by atoms with Gasteiger partial charge in [-0.3, -0.25) is 0 Å². The number of aromatic nitrogens is 1. The Morgan fingerprint density at radius 1 is 1.44 bits per heavy atom. The quantitative estimate of drug-likeness (QED) is 0.737. The monoisotopic (exact) mass is 280 g/mol. The van der Waals surface area contributed by atoms with Gasteiger partial charge in [0.1, 0.15) is 10.8 Å². The molecule has 1 aromatic carbocycles. The summed E-state index contributed by atoms with van der Waals surface area (Å²) in [5.41, 5.74) is 1.92. The Bertz CT molecular complexity index is 524. The van der Waals surface area contributed by atoms with Crippen molar-refractivity contribution in [2.24, 2.45) is 0 Å². The van der Waals surface area contributed by atoms with Gasteiger partial charge in [0.25, 0.3) is 0 Å². The topological polar surface area (TPSA) is 22.1 Å². The van der Waals surface area contributed by atoms with Crippen LogP contribution in [0.15, 0.2) is 18.2 Å². The highest BCUT2D eigenvalue weighted by Gasteiger charge is 2.07. The Kier molecular flexibility index (Phi) is 4.61. The Morgan fingerprint density at radius 2 is 2.28 bits per heavy atom. The number of rotatable bonds is 5. The van der Waals surface area contributed by atoms with Gasteiger partial charge < -0.3 is 4.74 Å². The number of halogens is 1. The van der Waals surface area contributed by atoms with E-state index in [0.717, 1.165) is 34.9 Å². The normalized spacial score (nSPS) is 10.6. The van der Waals surface area contributed by atoms with Gasteiger partial charge in [0.2, 0.25) is 0 Å². The van der Waals surface area contributed by atoms with Gasteiger partial charge in [-0.15, -0.1) is 11.3 Å². The van der Waals surface area contributed by atoms with E-state index < -0.39 is 0 Å². The molecule has 1 radical (unpaired) electrons. The largest absolute Gasteiger partial charge is 0.492 e. The Balaban J connectivity index is 2.14. The lowest BCUT2D eigenvalue weighted by Gasteiger charge is -2.08. The predicted octanol–water partition coefficient (Wildman–Crippen LogP) is 4.75.